The summed E-state index contributed by atoms with van der Waals surface area (Å²) in [6, 6.07) is -1.53. The Bertz CT molecular complexity index is 1140. The quantitative estimate of drug-likeness (QED) is 0.0233. The van der Waals surface area contributed by atoms with Crippen molar-refractivity contribution in [1.82, 2.24) is 0 Å². The number of carboxylic acid groups (broad SMARTS) is 1. The van der Waals surface area contributed by atoms with Gasteiger partial charge in [-0.05, 0) is 51.4 Å². The van der Waals surface area contributed by atoms with Gasteiger partial charge in [0.15, 0.2) is 6.10 Å². The van der Waals surface area contributed by atoms with E-state index in [4.69, 9.17) is 24.8 Å². The van der Waals surface area contributed by atoms with E-state index in [-0.39, 0.29) is 19.4 Å². The third-order valence-electron chi connectivity index (χ3n) is 9.09. The number of rotatable bonds is 40. The SMILES string of the molecule is CC/C=C\C/C=C\C/C=C\C/C=C\CCCCC(=O)OC(COC(=O)CCCCCCCCCCCCCCCCCCC)COP(=O)(O)OCC(N)C(=O)O. The van der Waals surface area contributed by atoms with Gasteiger partial charge >= 0.3 is 25.7 Å². The van der Waals surface area contributed by atoms with Gasteiger partial charge in [0.25, 0.3) is 0 Å². The van der Waals surface area contributed by atoms with Crippen LogP contribution in [0.3, 0.4) is 0 Å². The van der Waals surface area contributed by atoms with Crippen molar-refractivity contribution in [3.05, 3.63) is 48.6 Å². The van der Waals surface area contributed by atoms with Crippen molar-refractivity contribution in [3.8, 4) is 0 Å². The molecule has 0 bridgehead atoms. The minimum atomic E-state index is -4.73. The van der Waals surface area contributed by atoms with Crippen LogP contribution in [0.4, 0.5) is 0 Å². The summed E-state index contributed by atoms with van der Waals surface area (Å²) in [5, 5.41) is 8.88. The number of nitrogens with two attached hydrogens (primary N) is 1. The molecule has 0 spiro atoms. The second kappa shape index (κ2) is 39.3. The van der Waals surface area contributed by atoms with E-state index >= 15 is 0 Å². The summed E-state index contributed by atoms with van der Waals surface area (Å²) < 4.78 is 32.6. The number of ether oxygens (including phenoxy) is 2. The molecule has 0 saturated carbocycles. The van der Waals surface area contributed by atoms with Crippen LogP contribution in [0.15, 0.2) is 48.6 Å². The molecule has 3 atom stereocenters. The standard InChI is InChI=1S/C44H78NO10P/c1-3-5-7-9-11-13-15-17-19-20-22-23-25-27-29-31-33-35-42(46)52-37-40(38-53-56(50,51)54-39-41(45)44(48)49)55-43(47)36-34-32-30-28-26-24-21-18-16-14-12-10-8-6-4-2/h6,8,12,14,18,21,26,28,40-41H,3-5,7,9-11,13,15-17,19-20,22-25,27,29-39,45H2,1-2H3,(H,48,49)(H,50,51)/b8-6-,14-12-,21-18-,28-26-. The number of phosphoric acid groups is 1. The normalized spacial score (nSPS) is 14.2. The molecule has 0 aliphatic heterocycles. The summed E-state index contributed by atoms with van der Waals surface area (Å²) in [5.74, 6) is -2.43. The van der Waals surface area contributed by atoms with Crippen molar-refractivity contribution in [2.75, 3.05) is 19.8 Å². The van der Waals surface area contributed by atoms with Crippen molar-refractivity contribution in [2.24, 2.45) is 5.73 Å². The lowest BCUT2D eigenvalue weighted by atomic mass is 10.0. The van der Waals surface area contributed by atoms with E-state index in [0.29, 0.717) is 12.8 Å². The summed E-state index contributed by atoms with van der Waals surface area (Å²) in [6.45, 7) is 2.65. The van der Waals surface area contributed by atoms with Gasteiger partial charge in [0, 0.05) is 12.8 Å². The first-order valence-corrected chi connectivity index (χ1v) is 23.2. The molecule has 0 heterocycles. The lowest BCUT2D eigenvalue weighted by molar-refractivity contribution is -0.161. The highest BCUT2D eigenvalue weighted by molar-refractivity contribution is 7.47. The van der Waals surface area contributed by atoms with Crippen LogP contribution in [0.1, 0.15) is 181 Å². The van der Waals surface area contributed by atoms with E-state index in [1.54, 1.807) is 0 Å². The van der Waals surface area contributed by atoms with Gasteiger partial charge in [0.2, 0.25) is 0 Å². The molecular weight excluding hydrogens is 733 g/mol. The molecule has 11 nitrogen and oxygen atoms in total. The number of aliphatic carboxylic acids is 1. The second-order valence-corrected chi connectivity index (χ2v) is 15.9. The maximum atomic E-state index is 12.6. The van der Waals surface area contributed by atoms with Crippen molar-refractivity contribution in [2.45, 2.75) is 193 Å². The van der Waals surface area contributed by atoms with Gasteiger partial charge in [-0.3, -0.25) is 23.4 Å². The molecule has 0 rings (SSSR count). The topological polar surface area (TPSA) is 172 Å². The van der Waals surface area contributed by atoms with Crippen molar-refractivity contribution in [1.29, 1.82) is 0 Å². The predicted octanol–water partition coefficient (Wildman–Crippen LogP) is 11.4. The van der Waals surface area contributed by atoms with E-state index in [2.05, 4.69) is 67.0 Å². The van der Waals surface area contributed by atoms with E-state index < -0.39 is 51.1 Å². The fraction of sp³-hybridized carbons (Fsp3) is 0.750. The van der Waals surface area contributed by atoms with Crippen LogP contribution in [-0.2, 0) is 37.5 Å². The van der Waals surface area contributed by atoms with Crippen LogP contribution in [0.2, 0.25) is 0 Å². The smallest absolute Gasteiger partial charge is 0.472 e. The van der Waals surface area contributed by atoms with Gasteiger partial charge in [-0.1, -0.05) is 165 Å². The lowest BCUT2D eigenvalue weighted by Crippen LogP contribution is -2.34. The first-order valence-electron chi connectivity index (χ1n) is 21.7. The minimum absolute atomic E-state index is 0.109. The van der Waals surface area contributed by atoms with Gasteiger partial charge in [-0.25, -0.2) is 4.57 Å². The summed E-state index contributed by atoms with van der Waals surface area (Å²) in [4.78, 5) is 45.9. The third kappa shape index (κ3) is 38.3. The Morgan fingerprint density at radius 3 is 1.50 bits per heavy atom. The zero-order chi connectivity index (χ0) is 41.4. The van der Waals surface area contributed by atoms with Crippen LogP contribution in [0, 0.1) is 0 Å². The minimum Gasteiger partial charge on any atom is -0.480 e. The highest BCUT2D eigenvalue weighted by atomic mass is 31.2. The van der Waals surface area contributed by atoms with Gasteiger partial charge in [-0.15, -0.1) is 0 Å². The number of carbonyl (C=O) groups is 3. The van der Waals surface area contributed by atoms with Gasteiger partial charge < -0.3 is 25.2 Å². The van der Waals surface area contributed by atoms with E-state index in [0.717, 1.165) is 57.8 Å². The van der Waals surface area contributed by atoms with Crippen LogP contribution in [0.5, 0.6) is 0 Å². The van der Waals surface area contributed by atoms with Gasteiger partial charge in [-0.2, -0.15) is 0 Å². The summed E-state index contributed by atoms with van der Waals surface area (Å²) in [5.41, 5.74) is 5.33. The number of unbranched alkanes of at least 4 members (excludes halogenated alkanes) is 18. The monoisotopic (exact) mass is 812 g/mol. The van der Waals surface area contributed by atoms with E-state index in [1.807, 2.05) is 0 Å². The Balaban J connectivity index is 4.40. The Labute approximate surface area is 339 Å². The van der Waals surface area contributed by atoms with Crippen molar-refractivity contribution < 1.29 is 47.5 Å². The fourth-order valence-corrected chi connectivity index (χ4v) is 6.48. The average molecular weight is 812 g/mol. The molecule has 0 radical (unpaired) electrons. The largest absolute Gasteiger partial charge is 0.480 e. The second-order valence-electron chi connectivity index (χ2n) is 14.5. The summed E-state index contributed by atoms with van der Waals surface area (Å²) in [7, 11) is -4.73. The maximum absolute atomic E-state index is 12.6. The molecule has 0 saturated heterocycles. The van der Waals surface area contributed by atoms with E-state index in [1.165, 1.54) is 83.5 Å². The van der Waals surface area contributed by atoms with Crippen LogP contribution < -0.4 is 5.73 Å². The zero-order valence-corrected chi connectivity index (χ0v) is 35.9. The van der Waals surface area contributed by atoms with Crippen LogP contribution in [-0.4, -0.2) is 59.9 Å². The summed E-state index contributed by atoms with van der Waals surface area (Å²) in [6.07, 6.45) is 43.2. The molecule has 324 valence electrons. The molecule has 12 heteroatoms. The van der Waals surface area contributed by atoms with Gasteiger partial charge in [0.1, 0.15) is 12.6 Å². The number of hydrogen-bond acceptors (Lipinski definition) is 9. The van der Waals surface area contributed by atoms with Crippen molar-refractivity contribution >= 4 is 25.7 Å². The Hall–Kier alpha value is -2.56. The Morgan fingerprint density at radius 1 is 0.571 bits per heavy atom. The van der Waals surface area contributed by atoms with E-state index in [9.17, 15) is 23.8 Å². The number of phosphoric ester groups is 1. The third-order valence-corrected chi connectivity index (χ3v) is 10.0. The predicted molar refractivity (Wildman–Crippen MR) is 226 cm³/mol. The molecule has 56 heavy (non-hydrogen) atoms. The molecule has 0 fully saturated rings. The molecule has 0 aliphatic rings. The molecule has 4 N–H and O–H groups in total. The van der Waals surface area contributed by atoms with Crippen LogP contribution in [0.25, 0.3) is 0 Å². The molecule has 0 aromatic heterocycles. The molecule has 0 aromatic carbocycles. The molecule has 0 amide bonds. The highest BCUT2D eigenvalue weighted by Crippen LogP contribution is 2.43. The van der Waals surface area contributed by atoms with Crippen molar-refractivity contribution in [3.63, 3.8) is 0 Å². The Kier molecular flexibility index (Phi) is 37.5. The number of allylic oxidation sites excluding steroid dienone is 8. The number of hydrogen-bond donors (Lipinski definition) is 3. The molecule has 0 aliphatic carbocycles. The first kappa shape index (κ1) is 53.4. The molecular formula is C44H78NO10P. The summed E-state index contributed by atoms with van der Waals surface area (Å²) >= 11 is 0. The number of carboxylic acids is 1. The zero-order valence-electron chi connectivity index (χ0n) is 35.0. The Morgan fingerprint density at radius 2 is 1.00 bits per heavy atom. The lowest BCUT2D eigenvalue weighted by Gasteiger charge is -2.20. The van der Waals surface area contributed by atoms with Crippen LogP contribution >= 0.6 is 7.82 Å². The fourth-order valence-electron chi connectivity index (χ4n) is 5.70. The average Bonchev–Trinajstić information content (AvgIpc) is 3.17. The number of esters is 2. The molecule has 0 aromatic rings. The number of carbonyl (C=O) groups excluding carboxylic acids is 2. The highest BCUT2D eigenvalue weighted by Gasteiger charge is 2.28. The maximum Gasteiger partial charge on any atom is 0.472 e. The molecule has 3 unspecified atom stereocenters. The first-order chi connectivity index (χ1) is 27.1. The van der Waals surface area contributed by atoms with Gasteiger partial charge in [0.05, 0.1) is 13.2 Å².